The van der Waals surface area contributed by atoms with Gasteiger partial charge in [-0.25, -0.2) is 4.79 Å². The fourth-order valence-electron chi connectivity index (χ4n) is 2.98. The number of nitrogens with zero attached hydrogens (tertiary/aromatic N) is 1. The van der Waals surface area contributed by atoms with Crippen molar-refractivity contribution in [1.82, 2.24) is 9.55 Å². The van der Waals surface area contributed by atoms with Crippen molar-refractivity contribution in [2.75, 3.05) is 19.4 Å². The van der Waals surface area contributed by atoms with Crippen molar-refractivity contribution in [2.24, 2.45) is 5.41 Å². The minimum Gasteiger partial charge on any atom is -0.375 e. The summed E-state index contributed by atoms with van der Waals surface area (Å²) in [5.41, 5.74) is -1.10. The summed E-state index contributed by atoms with van der Waals surface area (Å²) < 4.78 is 24.3. The number of ether oxygens (including phenoxy) is 1. The van der Waals surface area contributed by atoms with E-state index in [2.05, 4.69) is 25.8 Å². The molecule has 1 rings (SSSR count). The van der Waals surface area contributed by atoms with Gasteiger partial charge in [-0.2, -0.15) is 0 Å². The van der Waals surface area contributed by atoms with Crippen molar-refractivity contribution in [3.63, 3.8) is 0 Å². The highest BCUT2D eigenvalue weighted by Crippen LogP contribution is 2.41. The Hall–Kier alpha value is -1.47. The van der Waals surface area contributed by atoms with Crippen LogP contribution in [0, 0.1) is 5.41 Å². The van der Waals surface area contributed by atoms with Gasteiger partial charge in [0.2, 0.25) is 0 Å². The number of aromatic amines is 1. The van der Waals surface area contributed by atoms with E-state index in [1.807, 2.05) is 13.8 Å². The molecule has 28 heavy (non-hydrogen) atoms. The lowest BCUT2D eigenvalue weighted by Crippen LogP contribution is -2.30. The zero-order chi connectivity index (χ0) is 21.4. The molecule has 0 aromatic carbocycles. The van der Waals surface area contributed by atoms with Crippen LogP contribution in [0.1, 0.15) is 47.5 Å². The first-order chi connectivity index (χ1) is 12.8. The van der Waals surface area contributed by atoms with Crippen LogP contribution in [0.2, 0.25) is 0 Å². The number of hydrogen-bond donors (Lipinski definition) is 2. The topological polar surface area (TPSA) is 111 Å². The van der Waals surface area contributed by atoms with Gasteiger partial charge in [-0.15, -0.1) is 0 Å². The molecule has 0 amide bonds. The summed E-state index contributed by atoms with van der Waals surface area (Å²) in [5.74, 6) is 0. The van der Waals surface area contributed by atoms with Crippen molar-refractivity contribution in [3.8, 4) is 0 Å². The number of nitrogens with one attached hydrogen (secondary N) is 1. The van der Waals surface area contributed by atoms with Gasteiger partial charge in [0.25, 0.3) is 5.56 Å². The summed E-state index contributed by atoms with van der Waals surface area (Å²) in [7, 11) is -3.74. The van der Waals surface area contributed by atoms with E-state index in [0.29, 0.717) is 13.0 Å². The second kappa shape index (κ2) is 10.3. The van der Waals surface area contributed by atoms with E-state index in [9.17, 15) is 19.0 Å². The van der Waals surface area contributed by atoms with E-state index in [-0.39, 0.29) is 30.3 Å². The standard InChI is InChI=1S/C19H33N2O6P/c1-18(2,3)15-19(4,5)26-12-8-13-27-28(24,25)14-7-6-10-21-11-9-16(22)20-17(21)23/h6-7,9,11H,8,10,12-15H2,1-5H3,(H,24,25)(H,20,22,23)/b7-6+. The maximum Gasteiger partial charge on any atom is 0.331 e. The van der Waals surface area contributed by atoms with Crippen LogP contribution >= 0.6 is 7.60 Å². The maximum absolute atomic E-state index is 12.0. The molecule has 160 valence electrons. The van der Waals surface area contributed by atoms with Crippen molar-refractivity contribution in [2.45, 2.75) is 59.6 Å². The Morgan fingerprint density at radius 2 is 1.86 bits per heavy atom. The third-order valence-electron chi connectivity index (χ3n) is 3.73. The highest BCUT2D eigenvalue weighted by atomic mass is 31.2. The molecule has 2 N–H and O–H groups in total. The molecular formula is C19H33N2O6P. The molecule has 0 aliphatic rings. The minimum atomic E-state index is -3.74. The van der Waals surface area contributed by atoms with E-state index >= 15 is 0 Å². The van der Waals surface area contributed by atoms with Crippen molar-refractivity contribution in [1.29, 1.82) is 0 Å². The second-order valence-electron chi connectivity index (χ2n) is 8.59. The lowest BCUT2D eigenvalue weighted by atomic mass is 9.84. The molecule has 0 radical (unpaired) electrons. The lowest BCUT2D eigenvalue weighted by Gasteiger charge is -2.32. The van der Waals surface area contributed by atoms with Gasteiger partial charge in [0.1, 0.15) is 0 Å². The SMILES string of the molecule is CC(C)(C)CC(C)(C)OCCCOP(=O)(O)C/C=C/Cn1ccc(=O)[nH]c1=O. The number of hydrogen-bond acceptors (Lipinski definition) is 5. The molecule has 0 aliphatic heterocycles. The summed E-state index contributed by atoms with van der Waals surface area (Å²) in [6.07, 6.45) is 5.70. The monoisotopic (exact) mass is 416 g/mol. The highest BCUT2D eigenvalue weighted by Gasteiger charge is 2.26. The fraction of sp³-hybridized carbons (Fsp3) is 0.684. The van der Waals surface area contributed by atoms with Crippen LogP contribution in [0.4, 0.5) is 0 Å². The van der Waals surface area contributed by atoms with E-state index in [4.69, 9.17) is 9.26 Å². The largest absolute Gasteiger partial charge is 0.375 e. The summed E-state index contributed by atoms with van der Waals surface area (Å²) in [6, 6.07) is 1.24. The van der Waals surface area contributed by atoms with Crippen LogP contribution in [-0.2, 0) is 20.4 Å². The summed E-state index contributed by atoms with van der Waals surface area (Å²) >= 11 is 0. The van der Waals surface area contributed by atoms with E-state index in [1.54, 1.807) is 6.08 Å². The van der Waals surface area contributed by atoms with Gasteiger partial charge in [0.05, 0.1) is 18.4 Å². The molecule has 1 aromatic rings. The summed E-state index contributed by atoms with van der Waals surface area (Å²) in [5, 5.41) is 0. The van der Waals surface area contributed by atoms with Gasteiger partial charge in [-0.3, -0.25) is 18.9 Å². The third-order valence-corrected chi connectivity index (χ3v) is 4.99. The smallest absolute Gasteiger partial charge is 0.331 e. The normalized spacial score (nSPS) is 15.1. The molecule has 0 spiro atoms. The Balaban J connectivity index is 2.31. The molecule has 0 bridgehead atoms. The Labute approximate surface area is 166 Å². The summed E-state index contributed by atoms with van der Waals surface area (Å²) in [4.78, 5) is 34.5. The number of allylic oxidation sites excluding steroid dienone is 2. The van der Waals surface area contributed by atoms with Gasteiger partial charge in [0, 0.05) is 25.4 Å². The van der Waals surface area contributed by atoms with Crippen LogP contribution in [-0.4, -0.2) is 39.4 Å². The Kier molecular flexibility index (Phi) is 9.08. The molecular weight excluding hydrogens is 383 g/mol. The number of aromatic nitrogens is 2. The molecule has 1 heterocycles. The first kappa shape index (κ1) is 24.6. The van der Waals surface area contributed by atoms with Gasteiger partial charge in [-0.05, 0) is 32.1 Å². The van der Waals surface area contributed by atoms with Crippen molar-refractivity contribution >= 4 is 7.60 Å². The van der Waals surface area contributed by atoms with Gasteiger partial charge >= 0.3 is 13.3 Å². The Morgan fingerprint density at radius 3 is 2.46 bits per heavy atom. The zero-order valence-corrected chi connectivity index (χ0v) is 18.3. The second-order valence-corrected chi connectivity index (χ2v) is 10.5. The van der Waals surface area contributed by atoms with E-state index < -0.39 is 18.8 Å². The predicted molar refractivity (Wildman–Crippen MR) is 110 cm³/mol. The Bertz CT molecular complexity index is 804. The van der Waals surface area contributed by atoms with Gasteiger partial charge in [-0.1, -0.05) is 32.9 Å². The van der Waals surface area contributed by atoms with Gasteiger partial charge < -0.3 is 14.2 Å². The molecule has 0 saturated carbocycles. The first-order valence-corrected chi connectivity index (χ1v) is 11.1. The van der Waals surface area contributed by atoms with Crippen molar-refractivity contribution in [3.05, 3.63) is 45.3 Å². The molecule has 8 nitrogen and oxygen atoms in total. The van der Waals surface area contributed by atoms with Gasteiger partial charge in [0.15, 0.2) is 0 Å². The quantitative estimate of drug-likeness (QED) is 0.326. The zero-order valence-electron chi connectivity index (χ0n) is 17.4. The van der Waals surface area contributed by atoms with Crippen LogP contribution in [0.15, 0.2) is 34.0 Å². The molecule has 0 saturated heterocycles. The predicted octanol–water partition coefficient (Wildman–Crippen LogP) is 2.92. The molecule has 1 aromatic heterocycles. The minimum absolute atomic E-state index is 0.132. The van der Waals surface area contributed by atoms with Crippen LogP contribution in [0.3, 0.4) is 0 Å². The molecule has 0 fully saturated rings. The highest BCUT2D eigenvalue weighted by molar-refractivity contribution is 7.53. The molecule has 9 heteroatoms. The third kappa shape index (κ3) is 10.8. The lowest BCUT2D eigenvalue weighted by molar-refractivity contribution is -0.0465. The number of H-pyrrole nitrogens is 1. The molecule has 1 unspecified atom stereocenters. The summed E-state index contributed by atoms with van der Waals surface area (Å²) in [6.45, 7) is 11.3. The van der Waals surface area contributed by atoms with E-state index in [0.717, 1.165) is 6.42 Å². The molecule has 0 aliphatic carbocycles. The number of rotatable bonds is 11. The fourth-order valence-corrected chi connectivity index (χ4v) is 3.91. The Morgan fingerprint density at radius 1 is 1.18 bits per heavy atom. The average Bonchev–Trinajstić information content (AvgIpc) is 2.50. The first-order valence-electron chi connectivity index (χ1n) is 9.35. The maximum atomic E-state index is 12.0. The van der Waals surface area contributed by atoms with E-state index in [1.165, 1.54) is 22.9 Å². The molecule has 1 atom stereocenters. The van der Waals surface area contributed by atoms with Crippen LogP contribution in [0.25, 0.3) is 0 Å². The van der Waals surface area contributed by atoms with Crippen LogP contribution < -0.4 is 11.2 Å². The van der Waals surface area contributed by atoms with Crippen molar-refractivity contribution < 1.29 is 18.7 Å². The van der Waals surface area contributed by atoms with Crippen LogP contribution in [0.5, 0.6) is 0 Å². The average molecular weight is 416 g/mol.